The summed E-state index contributed by atoms with van der Waals surface area (Å²) < 4.78 is 6.39. The smallest absolute Gasteiger partial charge is 0.309 e. The second kappa shape index (κ2) is 4.80. The van der Waals surface area contributed by atoms with Crippen LogP contribution in [0.5, 0.6) is 0 Å². The van der Waals surface area contributed by atoms with Crippen LogP contribution in [0.25, 0.3) is 0 Å². The summed E-state index contributed by atoms with van der Waals surface area (Å²) in [7, 11) is 1.42. The van der Waals surface area contributed by atoms with Crippen LogP contribution in [0.4, 0.5) is 0 Å². The molecule has 22 heavy (non-hydrogen) atoms. The Bertz CT molecular complexity index is 751. The predicted octanol–water partition coefficient (Wildman–Crippen LogP) is 2.34. The van der Waals surface area contributed by atoms with Gasteiger partial charge in [0.1, 0.15) is 0 Å². The zero-order valence-electron chi connectivity index (χ0n) is 12.2. The number of nitrogens with zero attached hydrogens (tertiary/aromatic N) is 2. The molecule has 0 amide bonds. The maximum atomic E-state index is 12.7. The molecule has 5 heteroatoms. The molecule has 1 fully saturated rings. The standard InChI is InChI=1S/C17H16N2O3/c1-22-17(21)13-8-11-7-12(13)15-14(11)9-18-19(15)16(20)10-5-3-2-4-6-10/h2-6,9,11-13H,7-8H2,1H3/t11-,12+,13+/m0/s1. The van der Waals surface area contributed by atoms with Crippen molar-refractivity contribution in [2.75, 3.05) is 7.11 Å². The highest BCUT2D eigenvalue weighted by atomic mass is 16.5. The van der Waals surface area contributed by atoms with Gasteiger partial charge < -0.3 is 4.74 Å². The van der Waals surface area contributed by atoms with Crippen LogP contribution < -0.4 is 0 Å². The average Bonchev–Trinajstić information content (AvgIpc) is 3.25. The summed E-state index contributed by atoms with van der Waals surface area (Å²) in [6, 6.07) is 9.10. The number of methoxy groups -OCH3 is 1. The molecule has 2 bridgehead atoms. The number of aromatic nitrogens is 2. The average molecular weight is 296 g/mol. The van der Waals surface area contributed by atoms with Crippen molar-refractivity contribution < 1.29 is 14.3 Å². The van der Waals surface area contributed by atoms with Gasteiger partial charge in [0.05, 0.1) is 24.9 Å². The molecule has 1 saturated carbocycles. The highest BCUT2D eigenvalue weighted by Gasteiger charge is 2.50. The van der Waals surface area contributed by atoms with Gasteiger partial charge in [-0.2, -0.15) is 5.10 Å². The van der Waals surface area contributed by atoms with Gasteiger partial charge in [-0.15, -0.1) is 0 Å². The molecule has 0 aliphatic heterocycles. The van der Waals surface area contributed by atoms with Crippen molar-refractivity contribution in [3.63, 3.8) is 0 Å². The first-order valence-electron chi connectivity index (χ1n) is 7.46. The van der Waals surface area contributed by atoms with Crippen molar-refractivity contribution in [1.82, 2.24) is 9.78 Å². The van der Waals surface area contributed by atoms with E-state index in [9.17, 15) is 9.59 Å². The van der Waals surface area contributed by atoms with E-state index in [1.54, 1.807) is 18.3 Å². The van der Waals surface area contributed by atoms with E-state index in [1.165, 1.54) is 11.8 Å². The normalized spacial score (nSPS) is 25.0. The Morgan fingerprint density at radius 1 is 1.23 bits per heavy atom. The highest BCUT2D eigenvalue weighted by molar-refractivity contribution is 5.96. The summed E-state index contributed by atoms with van der Waals surface area (Å²) in [6.07, 6.45) is 3.50. The van der Waals surface area contributed by atoms with Gasteiger partial charge in [-0.1, -0.05) is 18.2 Å². The zero-order valence-corrected chi connectivity index (χ0v) is 12.2. The van der Waals surface area contributed by atoms with Gasteiger partial charge in [-0.25, -0.2) is 4.68 Å². The SMILES string of the molecule is COC(=O)[C@@H]1C[C@@H]2C[C@H]1c1c2cnn1C(=O)c1ccccc1. The summed E-state index contributed by atoms with van der Waals surface area (Å²) in [4.78, 5) is 24.6. The summed E-state index contributed by atoms with van der Waals surface area (Å²) in [5, 5.41) is 4.29. The maximum absolute atomic E-state index is 12.7. The predicted molar refractivity (Wildman–Crippen MR) is 78.6 cm³/mol. The number of benzene rings is 1. The lowest BCUT2D eigenvalue weighted by molar-refractivity contribution is -0.145. The van der Waals surface area contributed by atoms with Crippen molar-refractivity contribution >= 4 is 11.9 Å². The zero-order chi connectivity index (χ0) is 15.3. The van der Waals surface area contributed by atoms with Gasteiger partial charge in [0, 0.05) is 11.5 Å². The van der Waals surface area contributed by atoms with Crippen LogP contribution >= 0.6 is 0 Å². The van der Waals surface area contributed by atoms with Gasteiger partial charge in [0.15, 0.2) is 0 Å². The minimum Gasteiger partial charge on any atom is -0.469 e. The van der Waals surface area contributed by atoms with Crippen molar-refractivity contribution in [2.24, 2.45) is 5.92 Å². The van der Waals surface area contributed by atoms with Crippen LogP contribution in [0.15, 0.2) is 36.5 Å². The van der Waals surface area contributed by atoms with E-state index in [0.717, 1.165) is 24.1 Å². The molecule has 1 aromatic heterocycles. The van der Waals surface area contributed by atoms with Gasteiger partial charge in [-0.3, -0.25) is 9.59 Å². The first kappa shape index (κ1) is 13.2. The number of hydrogen-bond donors (Lipinski definition) is 0. The molecule has 2 aliphatic carbocycles. The summed E-state index contributed by atoms with van der Waals surface area (Å²) in [5.41, 5.74) is 2.63. The Kier molecular flexibility index (Phi) is 2.89. The lowest BCUT2D eigenvalue weighted by atomic mass is 9.87. The monoisotopic (exact) mass is 296 g/mol. The Balaban J connectivity index is 1.73. The quantitative estimate of drug-likeness (QED) is 0.798. The first-order valence-corrected chi connectivity index (χ1v) is 7.46. The first-order chi connectivity index (χ1) is 10.7. The summed E-state index contributed by atoms with van der Waals surface area (Å²) >= 11 is 0. The second-order valence-corrected chi connectivity index (χ2v) is 5.97. The number of esters is 1. The maximum Gasteiger partial charge on any atom is 0.309 e. The Labute approximate surface area is 127 Å². The molecule has 1 heterocycles. The number of carbonyl (C=O) groups is 2. The van der Waals surface area contributed by atoms with Crippen LogP contribution in [0, 0.1) is 5.92 Å². The number of hydrogen-bond acceptors (Lipinski definition) is 4. The molecule has 2 aromatic rings. The van der Waals surface area contributed by atoms with Crippen LogP contribution in [0.1, 0.15) is 46.3 Å². The molecule has 0 radical (unpaired) electrons. The van der Waals surface area contributed by atoms with Gasteiger partial charge in [0.25, 0.3) is 5.91 Å². The third kappa shape index (κ3) is 1.75. The van der Waals surface area contributed by atoms with Crippen LogP contribution in [0.3, 0.4) is 0 Å². The lowest BCUT2D eigenvalue weighted by Gasteiger charge is -2.21. The van der Waals surface area contributed by atoms with E-state index in [-0.39, 0.29) is 23.7 Å². The molecule has 4 rings (SSSR count). The van der Waals surface area contributed by atoms with Crippen molar-refractivity contribution in [2.45, 2.75) is 24.7 Å². The van der Waals surface area contributed by atoms with E-state index in [2.05, 4.69) is 5.10 Å². The molecule has 112 valence electrons. The number of ether oxygens (including phenoxy) is 1. The minimum absolute atomic E-state index is 0.0441. The largest absolute Gasteiger partial charge is 0.469 e. The Morgan fingerprint density at radius 3 is 2.73 bits per heavy atom. The van der Waals surface area contributed by atoms with Crippen LogP contribution in [-0.2, 0) is 9.53 Å². The third-order valence-corrected chi connectivity index (χ3v) is 4.91. The van der Waals surface area contributed by atoms with E-state index in [0.29, 0.717) is 11.5 Å². The van der Waals surface area contributed by atoms with E-state index < -0.39 is 0 Å². The molecule has 1 aromatic carbocycles. The molecular formula is C17H16N2O3. The van der Waals surface area contributed by atoms with E-state index in [4.69, 9.17) is 4.74 Å². The Morgan fingerprint density at radius 2 is 2.00 bits per heavy atom. The van der Waals surface area contributed by atoms with Crippen molar-refractivity contribution in [3.05, 3.63) is 53.3 Å². The third-order valence-electron chi connectivity index (χ3n) is 4.91. The molecule has 5 nitrogen and oxygen atoms in total. The van der Waals surface area contributed by atoms with Crippen molar-refractivity contribution in [3.8, 4) is 0 Å². The topological polar surface area (TPSA) is 61.2 Å². The fourth-order valence-electron chi connectivity index (χ4n) is 3.93. The van der Waals surface area contributed by atoms with Crippen LogP contribution in [0.2, 0.25) is 0 Å². The molecular weight excluding hydrogens is 280 g/mol. The fraction of sp³-hybridized carbons (Fsp3) is 0.353. The summed E-state index contributed by atoms with van der Waals surface area (Å²) in [6.45, 7) is 0. The number of rotatable bonds is 2. The summed E-state index contributed by atoms with van der Waals surface area (Å²) in [5.74, 6) is -0.110. The molecule has 0 N–H and O–H groups in total. The van der Waals surface area contributed by atoms with Gasteiger partial charge >= 0.3 is 5.97 Å². The van der Waals surface area contributed by atoms with Gasteiger partial charge in [-0.05, 0) is 36.5 Å². The number of carbonyl (C=O) groups excluding carboxylic acids is 2. The van der Waals surface area contributed by atoms with Crippen LogP contribution in [-0.4, -0.2) is 28.8 Å². The van der Waals surface area contributed by atoms with E-state index >= 15 is 0 Å². The highest BCUT2D eigenvalue weighted by Crippen LogP contribution is 2.56. The number of fused-ring (bicyclic) bond motifs is 5. The molecule has 2 aliphatic rings. The minimum atomic E-state index is -0.182. The van der Waals surface area contributed by atoms with Crippen molar-refractivity contribution in [1.29, 1.82) is 0 Å². The second-order valence-electron chi connectivity index (χ2n) is 5.97. The lowest BCUT2D eigenvalue weighted by Crippen LogP contribution is -2.25. The molecule has 0 unspecified atom stereocenters. The molecule has 0 saturated heterocycles. The Hall–Kier alpha value is -2.43. The molecule has 3 atom stereocenters. The van der Waals surface area contributed by atoms with Gasteiger partial charge in [0.2, 0.25) is 0 Å². The fourth-order valence-corrected chi connectivity index (χ4v) is 3.93. The molecule has 0 spiro atoms. The van der Waals surface area contributed by atoms with E-state index in [1.807, 2.05) is 18.2 Å².